The molecule has 2 heterocycles. The van der Waals surface area contributed by atoms with Crippen LogP contribution in [0.3, 0.4) is 0 Å². The Morgan fingerprint density at radius 3 is 2.39 bits per heavy atom. The summed E-state index contributed by atoms with van der Waals surface area (Å²) >= 11 is 0. The molecule has 36 heavy (non-hydrogen) atoms. The van der Waals surface area contributed by atoms with Crippen molar-refractivity contribution in [2.75, 3.05) is 57.7 Å². The first kappa shape index (κ1) is 25.9. The van der Waals surface area contributed by atoms with Gasteiger partial charge in [-0.1, -0.05) is 30.3 Å². The van der Waals surface area contributed by atoms with Gasteiger partial charge in [-0.15, -0.1) is 0 Å². The van der Waals surface area contributed by atoms with Gasteiger partial charge in [0.05, 0.1) is 38.7 Å². The molecule has 0 aromatic heterocycles. The highest BCUT2D eigenvalue weighted by molar-refractivity contribution is 7.88. The van der Waals surface area contributed by atoms with Crippen LogP contribution in [-0.2, 0) is 26.0 Å². The van der Waals surface area contributed by atoms with E-state index in [2.05, 4.69) is 0 Å². The normalized spacial score (nSPS) is 16.8. The highest BCUT2D eigenvalue weighted by Gasteiger charge is 2.26. The number of urea groups is 1. The van der Waals surface area contributed by atoms with Crippen molar-refractivity contribution in [3.8, 4) is 0 Å². The van der Waals surface area contributed by atoms with Crippen LogP contribution in [0.4, 0.5) is 10.5 Å². The van der Waals surface area contributed by atoms with E-state index in [0.29, 0.717) is 57.9 Å². The number of morpholine rings is 1. The van der Waals surface area contributed by atoms with Gasteiger partial charge in [0.25, 0.3) is 0 Å². The summed E-state index contributed by atoms with van der Waals surface area (Å²) < 4.78 is 35.4. The van der Waals surface area contributed by atoms with E-state index in [1.54, 1.807) is 21.9 Å². The monoisotopic (exact) mass is 513 g/mol. The minimum Gasteiger partial charge on any atom is -0.465 e. The molecule has 0 unspecified atom stereocenters. The summed E-state index contributed by atoms with van der Waals surface area (Å²) in [6.07, 6.45) is 3.76. The number of carbonyl (C=O) groups is 2. The number of ether oxygens (including phenoxy) is 2. The first-order chi connectivity index (χ1) is 17.3. The van der Waals surface area contributed by atoms with Gasteiger partial charge >= 0.3 is 12.0 Å². The average molecular weight is 514 g/mol. The first-order valence-corrected chi connectivity index (χ1v) is 13.7. The number of carbonyl (C=O) groups excluding carboxylic acids is 2. The number of amides is 2. The van der Waals surface area contributed by atoms with Crippen LogP contribution in [0.2, 0.25) is 0 Å². The molecule has 0 bridgehead atoms. The fraction of sp³-hybridized carbons (Fsp3) is 0.385. The summed E-state index contributed by atoms with van der Waals surface area (Å²) in [4.78, 5) is 28.9. The molecule has 0 radical (unpaired) electrons. The van der Waals surface area contributed by atoms with Crippen LogP contribution in [-0.4, -0.2) is 82.4 Å². The molecule has 1 saturated heterocycles. The van der Waals surface area contributed by atoms with E-state index in [-0.39, 0.29) is 6.03 Å². The van der Waals surface area contributed by atoms with E-state index >= 15 is 0 Å². The van der Waals surface area contributed by atoms with Crippen LogP contribution in [0, 0.1) is 0 Å². The zero-order valence-corrected chi connectivity index (χ0v) is 21.4. The van der Waals surface area contributed by atoms with E-state index in [0.717, 1.165) is 22.4 Å². The molecule has 2 aliphatic heterocycles. The predicted octanol–water partition coefficient (Wildman–Crippen LogP) is 2.98. The van der Waals surface area contributed by atoms with Crippen LogP contribution >= 0.6 is 0 Å². The molecular weight excluding hydrogens is 482 g/mol. The lowest BCUT2D eigenvalue weighted by atomic mass is 9.99. The summed E-state index contributed by atoms with van der Waals surface area (Å²) in [7, 11) is -1.89. The Morgan fingerprint density at radius 1 is 1.06 bits per heavy atom. The van der Waals surface area contributed by atoms with Crippen LogP contribution in [0.1, 0.15) is 27.9 Å². The van der Waals surface area contributed by atoms with Gasteiger partial charge in [-0.25, -0.2) is 18.0 Å². The van der Waals surface area contributed by atoms with E-state index in [1.165, 1.54) is 17.7 Å². The molecule has 1 fully saturated rings. The number of hydrogen-bond acceptors (Lipinski definition) is 6. The summed E-state index contributed by atoms with van der Waals surface area (Å²) in [6, 6.07) is 14.7. The van der Waals surface area contributed by atoms with Crippen molar-refractivity contribution >= 4 is 33.3 Å². The number of benzene rings is 2. The van der Waals surface area contributed by atoms with E-state index in [9.17, 15) is 18.0 Å². The third-order valence-corrected chi connectivity index (χ3v) is 7.67. The molecule has 2 amide bonds. The Kier molecular flexibility index (Phi) is 8.07. The van der Waals surface area contributed by atoms with E-state index < -0.39 is 16.0 Å². The van der Waals surface area contributed by atoms with E-state index in [4.69, 9.17) is 9.47 Å². The highest BCUT2D eigenvalue weighted by Crippen LogP contribution is 2.28. The second-order valence-corrected chi connectivity index (χ2v) is 10.8. The van der Waals surface area contributed by atoms with Crippen LogP contribution in [0.25, 0.3) is 5.57 Å². The minimum absolute atomic E-state index is 0.117. The summed E-state index contributed by atoms with van der Waals surface area (Å²) in [5.41, 5.74) is 4.07. The molecule has 2 aromatic rings. The lowest BCUT2D eigenvalue weighted by molar-refractivity contribution is 0.0548. The first-order valence-electron chi connectivity index (χ1n) is 11.8. The lowest BCUT2D eigenvalue weighted by Gasteiger charge is -2.33. The smallest absolute Gasteiger partial charge is 0.337 e. The molecule has 4 rings (SSSR count). The maximum absolute atomic E-state index is 13.6. The van der Waals surface area contributed by atoms with Gasteiger partial charge in [-0.05, 0) is 47.4 Å². The molecular formula is C26H31N3O6S. The molecule has 10 heteroatoms. The van der Waals surface area contributed by atoms with Crippen LogP contribution < -0.4 is 4.90 Å². The third-order valence-electron chi connectivity index (χ3n) is 6.40. The molecule has 0 aliphatic carbocycles. The van der Waals surface area contributed by atoms with E-state index in [1.807, 2.05) is 42.5 Å². The highest BCUT2D eigenvalue weighted by atomic mass is 32.2. The van der Waals surface area contributed by atoms with Gasteiger partial charge < -0.3 is 14.4 Å². The second kappa shape index (κ2) is 11.2. The second-order valence-electron chi connectivity index (χ2n) is 8.81. The van der Waals surface area contributed by atoms with Crippen molar-refractivity contribution in [3.05, 3.63) is 71.3 Å². The Bertz CT molecular complexity index is 1240. The molecule has 0 atom stereocenters. The lowest BCUT2D eigenvalue weighted by Crippen LogP contribution is -2.48. The van der Waals surface area contributed by atoms with Crippen molar-refractivity contribution in [1.29, 1.82) is 0 Å². The Hall–Kier alpha value is -3.21. The fourth-order valence-corrected chi connectivity index (χ4v) is 5.10. The number of anilines is 1. The number of methoxy groups -OCH3 is 1. The number of esters is 1. The van der Waals surface area contributed by atoms with Gasteiger partial charge in [0.1, 0.15) is 0 Å². The average Bonchev–Trinajstić information content (AvgIpc) is 2.91. The molecule has 9 nitrogen and oxygen atoms in total. The predicted molar refractivity (Wildman–Crippen MR) is 137 cm³/mol. The summed E-state index contributed by atoms with van der Waals surface area (Å²) in [5.74, 6) is -0.411. The van der Waals surface area contributed by atoms with Gasteiger partial charge in [0, 0.05) is 31.9 Å². The van der Waals surface area contributed by atoms with Gasteiger partial charge in [-0.3, -0.25) is 4.90 Å². The van der Waals surface area contributed by atoms with Crippen molar-refractivity contribution in [1.82, 2.24) is 9.21 Å². The van der Waals surface area contributed by atoms with Crippen molar-refractivity contribution < 1.29 is 27.5 Å². The SMILES string of the molecule is COC(=O)c1ccc(CN(C(=O)N2CCOCC2)c2cccc(C3=CCN(S(C)(=O)=O)CC3)c2)cc1. The van der Waals surface area contributed by atoms with Crippen molar-refractivity contribution in [3.63, 3.8) is 0 Å². The number of rotatable bonds is 6. The molecule has 192 valence electrons. The van der Waals surface area contributed by atoms with Gasteiger partial charge in [-0.2, -0.15) is 4.31 Å². The maximum Gasteiger partial charge on any atom is 0.337 e. The number of hydrogen-bond donors (Lipinski definition) is 0. The van der Waals surface area contributed by atoms with Crippen LogP contribution in [0.5, 0.6) is 0 Å². The maximum atomic E-state index is 13.6. The summed E-state index contributed by atoms with van der Waals surface area (Å²) in [6.45, 7) is 3.11. The van der Waals surface area contributed by atoms with Crippen LogP contribution in [0.15, 0.2) is 54.6 Å². The third kappa shape index (κ3) is 6.13. The quantitative estimate of drug-likeness (QED) is 0.551. The molecule has 2 aliphatic rings. The minimum atomic E-state index is -3.23. The molecule has 0 spiro atoms. The zero-order chi connectivity index (χ0) is 25.7. The largest absolute Gasteiger partial charge is 0.465 e. The van der Waals surface area contributed by atoms with Crippen molar-refractivity contribution in [2.24, 2.45) is 0 Å². The Labute approximate surface area is 211 Å². The standard InChI is InChI=1S/C26H31N3O6S/c1-34-25(30)22-8-6-20(7-9-22)19-29(26(31)27-14-16-35-17-15-27)24-5-3-4-23(18-24)21-10-12-28(13-11-21)36(2,32)33/h3-10,18H,11-17,19H2,1-2H3. The molecule has 2 aromatic carbocycles. The zero-order valence-electron chi connectivity index (χ0n) is 20.6. The van der Waals surface area contributed by atoms with Gasteiger partial charge in [0.2, 0.25) is 10.0 Å². The van der Waals surface area contributed by atoms with Crippen molar-refractivity contribution in [2.45, 2.75) is 13.0 Å². The topological polar surface area (TPSA) is 96.5 Å². The molecule has 0 N–H and O–H groups in total. The Morgan fingerprint density at radius 2 is 1.78 bits per heavy atom. The molecule has 0 saturated carbocycles. The fourth-order valence-electron chi connectivity index (χ4n) is 4.33. The number of nitrogens with zero attached hydrogens (tertiary/aromatic N) is 3. The number of sulfonamides is 1. The van der Waals surface area contributed by atoms with Gasteiger partial charge in [0.15, 0.2) is 0 Å². The summed E-state index contributed by atoms with van der Waals surface area (Å²) in [5, 5.41) is 0. The Balaban J connectivity index is 1.61.